The van der Waals surface area contributed by atoms with E-state index in [9.17, 15) is 18.3 Å². The monoisotopic (exact) mass is 219 g/mol. The molecule has 0 aromatic heterocycles. The Morgan fingerprint density at radius 3 is 2.60 bits per heavy atom. The van der Waals surface area contributed by atoms with Crippen molar-refractivity contribution >= 4 is 0 Å². The van der Waals surface area contributed by atoms with Crippen LogP contribution in [0.3, 0.4) is 0 Å². The Morgan fingerprint density at radius 1 is 1.40 bits per heavy atom. The van der Waals surface area contributed by atoms with E-state index >= 15 is 0 Å². The van der Waals surface area contributed by atoms with Crippen molar-refractivity contribution in [2.24, 2.45) is 0 Å². The van der Waals surface area contributed by atoms with Crippen molar-refractivity contribution < 1.29 is 18.3 Å². The van der Waals surface area contributed by atoms with Gasteiger partial charge in [0.2, 0.25) is 0 Å². The van der Waals surface area contributed by atoms with Gasteiger partial charge >= 0.3 is 6.18 Å². The van der Waals surface area contributed by atoms with Crippen LogP contribution in [0.1, 0.15) is 17.2 Å². The van der Waals surface area contributed by atoms with Gasteiger partial charge < -0.3 is 10.4 Å². The standard InChI is InChI=1S/C10H12F3NO/c1-14-6-9(15)7-3-2-4-8(5-7)10(11,12)13/h2-5,9,14-15H,6H2,1H3. The largest absolute Gasteiger partial charge is 0.416 e. The number of aliphatic hydroxyl groups excluding tert-OH is 1. The summed E-state index contributed by atoms with van der Waals surface area (Å²) >= 11 is 0. The van der Waals surface area contributed by atoms with Crippen molar-refractivity contribution in [3.05, 3.63) is 35.4 Å². The van der Waals surface area contributed by atoms with Gasteiger partial charge in [0, 0.05) is 6.54 Å². The summed E-state index contributed by atoms with van der Waals surface area (Å²) < 4.78 is 37.0. The van der Waals surface area contributed by atoms with Gasteiger partial charge in [0.1, 0.15) is 0 Å². The fourth-order valence-corrected chi connectivity index (χ4v) is 1.23. The number of hydrogen-bond acceptors (Lipinski definition) is 2. The Hall–Kier alpha value is -1.07. The van der Waals surface area contributed by atoms with Gasteiger partial charge in [0.05, 0.1) is 11.7 Å². The lowest BCUT2D eigenvalue weighted by molar-refractivity contribution is -0.137. The molecule has 0 heterocycles. The summed E-state index contributed by atoms with van der Waals surface area (Å²) in [5.41, 5.74) is -0.477. The molecule has 1 unspecified atom stereocenters. The summed E-state index contributed by atoms with van der Waals surface area (Å²) in [5, 5.41) is 12.2. The number of benzene rings is 1. The second kappa shape index (κ2) is 4.63. The van der Waals surface area contributed by atoms with Crippen LogP contribution >= 0.6 is 0 Å². The van der Waals surface area contributed by atoms with E-state index in [-0.39, 0.29) is 12.1 Å². The van der Waals surface area contributed by atoms with Gasteiger partial charge in [-0.05, 0) is 24.7 Å². The summed E-state index contributed by atoms with van der Waals surface area (Å²) in [5.74, 6) is 0. The number of aliphatic hydroxyl groups is 1. The first-order valence-corrected chi connectivity index (χ1v) is 4.45. The quantitative estimate of drug-likeness (QED) is 0.814. The van der Waals surface area contributed by atoms with Crippen LogP contribution in [0.15, 0.2) is 24.3 Å². The van der Waals surface area contributed by atoms with Crippen LogP contribution < -0.4 is 5.32 Å². The van der Waals surface area contributed by atoms with E-state index in [1.807, 2.05) is 0 Å². The Bertz CT molecular complexity index is 325. The number of rotatable bonds is 3. The molecule has 2 nitrogen and oxygen atoms in total. The summed E-state index contributed by atoms with van der Waals surface area (Å²) in [7, 11) is 1.62. The van der Waals surface area contributed by atoms with Gasteiger partial charge in [-0.25, -0.2) is 0 Å². The highest BCUT2D eigenvalue weighted by Gasteiger charge is 2.30. The molecule has 0 fully saturated rings. The number of alkyl halides is 3. The van der Waals surface area contributed by atoms with Crippen molar-refractivity contribution in [1.29, 1.82) is 0 Å². The highest BCUT2D eigenvalue weighted by atomic mass is 19.4. The number of hydrogen-bond donors (Lipinski definition) is 2. The fourth-order valence-electron chi connectivity index (χ4n) is 1.23. The molecule has 0 amide bonds. The molecule has 0 aliphatic carbocycles. The third kappa shape index (κ3) is 3.21. The number of nitrogens with one attached hydrogen (secondary N) is 1. The van der Waals surface area contributed by atoms with Crippen molar-refractivity contribution in [1.82, 2.24) is 5.32 Å². The minimum absolute atomic E-state index is 0.224. The van der Waals surface area contributed by atoms with Gasteiger partial charge in [-0.1, -0.05) is 12.1 Å². The van der Waals surface area contributed by atoms with E-state index < -0.39 is 17.8 Å². The van der Waals surface area contributed by atoms with Crippen LogP contribution in [-0.4, -0.2) is 18.7 Å². The van der Waals surface area contributed by atoms with Crippen LogP contribution in [0.25, 0.3) is 0 Å². The summed E-state index contributed by atoms with van der Waals surface area (Å²) in [4.78, 5) is 0. The lowest BCUT2D eigenvalue weighted by Gasteiger charge is -2.13. The van der Waals surface area contributed by atoms with E-state index in [0.717, 1.165) is 12.1 Å². The SMILES string of the molecule is CNCC(O)c1cccc(C(F)(F)F)c1. The summed E-state index contributed by atoms with van der Waals surface area (Å²) in [6.07, 6.45) is -5.28. The lowest BCUT2D eigenvalue weighted by Crippen LogP contribution is -2.17. The fraction of sp³-hybridized carbons (Fsp3) is 0.400. The van der Waals surface area contributed by atoms with Crippen LogP contribution in [-0.2, 0) is 6.18 Å². The van der Waals surface area contributed by atoms with Crippen molar-refractivity contribution in [3.63, 3.8) is 0 Å². The molecule has 84 valence electrons. The molecule has 0 radical (unpaired) electrons. The minimum Gasteiger partial charge on any atom is -0.387 e. The molecule has 0 spiro atoms. The Morgan fingerprint density at radius 2 is 2.07 bits per heavy atom. The van der Waals surface area contributed by atoms with Crippen molar-refractivity contribution in [2.75, 3.05) is 13.6 Å². The highest BCUT2D eigenvalue weighted by Crippen LogP contribution is 2.30. The predicted octanol–water partition coefficient (Wildman–Crippen LogP) is 1.96. The average Bonchev–Trinajstić information content (AvgIpc) is 2.17. The summed E-state index contributed by atoms with van der Waals surface area (Å²) in [6, 6.07) is 4.70. The first-order chi connectivity index (χ1) is 6.95. The predicted molar refractivity (Wildman–Crippen MR) is 50.3 cm³/mol. The molecule has 0 saturated heterocycles. The molecule has 5 heteroatoms. The number of halogens is 3. The van der Waals surface area contributed by atoms with E-state index in [1.54, 1.807) is 7.05 Å². The third-order valence-corrected chi connectivity index (χ3v) is 2.00. The average molecular weight is 219 g/mol. The van der Waals surface area contributed by atoms with Crippen LogP contribution in [0.5, 0.6) is 0 Å². The van der Waals surface area contributed by atoms with Gasteiger partial charge in [-0.2, -0.15) is 13.2 Å². The highest BCUT2D eigenvalue weighted by molar-refractivity contribution is 5.27. The van der Waals surface area contributed by atoms with Crippen LogP contribution in [0, 0.1) is 0 Å². The maximum atomic E-state index is 12.3. The van der Waals surface area contributed by atoms with E-state index in [2.05, 4.69) is 5.32 Å². The zero-order chi connectivity index (χ0) is 11.5. The van der Waals surface area contributed by atoms with E-state index in [0.29, 0.717) is 0 Å². The molecule has 1 aromatic rings. The van der Waals surface area contributed by atoms with Gasteiger partial charge in [0.25, 0.3) is 0 Å². The Labute approximate surface area is 85.7 Å². The molecule has 1 rings (SSSR count). The molecular weight excluding hydrogens is 207 g/mol. The molecule has 1 atom stereocenters. The number of likely N-dealkylation sites (N-methyl/N-ethyl adjacent to an activating group) is 1. The topological polar surface area (TPSA) is 32.3 Å². The molecule has 1 aromatic carbocycles. The second-order valence-electron chi connectivity index (χ2n) is 3.20. The summed E-state index contributed by atoms with van der Waals surface area (Å²) in [6.45, 7) is 0.224. The first kappa shape index (κ1) is 12.0. The molecule has 0 bridgehead atoms. The van der Waals surface area contributed by atoms with Crippen molar-refractivity contribution in [3.8, 4) is 0 Å². The van der Waals surface area contributed by atoms with E-state index in [4.69, 9.17) is 0 Å². The molecule has 0 saturated carbocycles. The van der Waals surface area contributed by atoms with Gasteiger partial charge in [-0.15, -0.1) is 0 Å². The van der Waals surface area contributed by atoms with Crippen molar-refractivity contribution in [2.45, 2.75) is 12.3 Å². The zero-order valence-corrected chi connectivity index (χ0v) is 8.17. The molecule has 2 N–H and O–H groups in total. The second-order valence-corrected chi connectivity index (χ2v) is 3.20. The third-order valence-electron chi connectivity index (χ3n) is 2.00. The first-order valence-electron chi connectivity index (χ1n) is 4.45. The smallest absolute Gasteiger partial charge is 0.387 e. The Balaban J connectivity index is 2.92. The Kier molecular flexibility index (Phi) is 3.71. The van der Waals surface area contributed by atoms with Crippen LogP contribution in [0.2, 0.25) is 0 Å². The van der Waals surface area contributed by atoms with Crippen LogP contribution in [0.4, 0.5) is 13.2 Å². The molecule has 0 aliphatic heterocycles. The zero-order valence-electron chi connectivity index (χ0n) is 8.17. The normalized spacial score (nSPS) is 13.9. The molecular formula is C10H12F3NO. The molecule has 0 aliphatic rings. The molecule has 15 heavy (non-hydrogen) atoms. The van der Waals surface area contributed by atoms with Gasteiger partial charge in [0.15, 0.2) is 0 Å². The lowest BCUT2D eigenvalue weighted by atomic mass is 10.1. The minimum atomic E-state index is -4.37. The van der Waals surface area contributed by atoms with E-state index in [1.165, 1.54) is 12.1 Å². The maximum absolute atomic E-state index is 12.3. The van der Waals surface area contributed by atoms with Gasteiger partial charge in [-0.3, -0.25) is 0 Å². The maximum Gasteiger partial charge on any atom is 0.416 e.